The molecule has 99 valence electrons. The van der Waals surface area contributed by atoms with Crippen molar-refractivity contribution in [3.63, 3.8) is 0 Å². The average molecular weight is 407 g/mol. The molecular formula is C10H21LaO4PS. The Labute approximate surface area is 138 Å². The number of thiol groups is 1. The quantitative estimate of drug-likeness (QED) is 0.329. The molecule has 0 bridgehead atoms. The van der Waals surface area contributed by atoms with E-state index in [4.69, 9.17) is 9.79 Å². The van der Waals surface area contributed by atoms with E-state index in [-0.39, 0.29) is 35.6 Å². The Kier molecular flexibility index (Phi) is 15.1. The minimum atomic E-state index is -2.60. The molecule has 0 saturated carbocycles. The van der Waals surface area contributed by atoms with Crippen molar-refractivity contribution in [2.24, 2.45) is 5.92 Å². The third-order valence-electron chi connectivity index (χ3n) is 2.20. The molecule has 1 atom stereocenters. The molecule has 2 N–H and O–H groups in total. The molecule has 1 radical (unpaired) electrons. The van der Waals surface area contributed by atoms with Crippen molar-refractivity contribution >= 4 is 27.2 Å². The van der Waals surface area contributed by atoms with E-state index in [2.05, 4.69) is 31.0 Å². The van der Waals surface area contributed by atoms with Gasteiger partial charge in [0.1, 0.15) is 0 Å². The molecule has 0 saturated heterocycles. The van der Waals surface area contributed by atoms with Crippen molar-refractivity contribution in [1.82, 2.24) is 0 Å². The molecule has 0 rings (SSSR count). The van der Waals surface area contributed by atoms with Crippen molar-refractivity contribution < 1.29 is 54.7 Å². The fraction of sp³-hybridized carbons (Fsp3) is 0.900. The summed E-state index contributed by atoms with van der Waals surface area (Å²) in [6.07, 6.45) is 4.93. The summed E-state index contributed by atoms with van der Waals surface area (Å²) < 4.78 is 4.27. The molecule has 0 aliphatic carbocycles. The van der Waals surface area contributed by atoms with Crippen LogP contribution in [0.4, 0.5) is 0 Å². The van der Waals surface area contributed by atoms with Gasteiger partial charge in [-0.25, -0.2) is 0 Å². The predicted octanol–water partition coefficient (Wildman–Crippen LogP) is 2.65. The van der Waals surface area contributed by atoms with E-state index >= 15 is 0 Å². The van der Waals surface area contributed by atoms with Crippen LogP contribution in [-0.4, -0.2) is 21.0 Å². The standard InChI is InChI=1S/C10H21O4PS.La/c1-8(2)6-4-3-5-7-9(16)10(11)14-15(12)13;/h8-9,12-13,16H,3-7H2,1-2H3;. The summed E-state index contributed by atoms with van der Waals surface area (Å²) >= 11 is 4.06. The molecule has 0 spiro atoms. The Balaban J connectivity index is 0. The van der Waals surface area contributed by atoms with Gasteiger partial charge < -0.3 is 14.3 Å². The van der Waals surface area contributed by atoms with Crippen molar-refractivity contribution in [2.45, 2.75) is 51.2 Å². The van der Waals surface area contributed by atoms with E-state index in [9.17, 15) is 4.79 Å². The van der Waals surface area contributed by atoms with Gasteiger partial charge in [0.25, 0.3) is 0 Å². The monoisotopic (exact) mass is 407 g/mol. The Hall–Kier alpha value is 1.36. The first kappa shape index (κ1) is 20.7. The van der Waals surface area contributed by atoms with Crippen molar-refractivity contribution in [3.8, 4) is 0 Å². The molecule has 0 aromatic carbocycles. The molecule has 0 aliphatic heterocycles. The topological polar surface area (TPSA) is 66.8 Å². The smallest absolute Gasteiger partial charge is 0.393 e. The summed E-state index contributed by atoms with van der Waals surface area (Å²) in [5.74, 6) is 0.0624. The van der Waals surface area contributed by atoms with Gasteiger partial charge in [-0.3, -0.25) is 4.79 Å². The molecule has 4 nitrogen and oxygen atoms in total. The summed E-state index contributed by atoms with van der Waals surface area (Å²) in [5.41, 5.74) is 0. The minimum absolute atomic E-state index is 0. The third-order valence-corrected chi connectivity index (χ3v) is 3.01. The Bertz CT molecular complexity index is 205. The molecule has 0 aromatic heterocycles. The second-order valence-electron chi connectivity index (χ2n) is 4.21. The SMILES string of the molecule is CC(C)CCCCCC(S)C(=O)OP(O)O.[La]. The van der Waals surface area contributed by atoms with E-state index in [1.54, 1.807) is 0 Å². The summed E-state index contributed by atoms with van der Waals surface area (Å²) in [4.78, 5) is 28.1. The van der Waals surface area contributed by atoms with Crippen molar-refractivity contribution in [1.29, 1.82) is 0 Å². The van der Waals surface area contributed by atoms with Gasteiger partial charge in [0, 0.05) is 35.6 Å². The first-order chi connectivity index (χ1) is 7.43. The summed E-state index contributed by atoms with van der Waals surface area (Å²) in [6.45, 7) is 4.37. The van der Waals surface area contributed by atoms with Gasteiger partial charge in [-0.1, -0.05) is 39.5 Å². The van der Waals surface area contributed by atoms with Gasteiger partial charge >= 0.3 is 14.6 Å². The fourth-order valence-corrected chi connectivity index (χ4v) is 1.93. The van der Waals surface area contributed by atoms with Gasteiger partial charge in [0.15, 0.2) is 0 Å². The van der Waals surface area contributed by atoms with Crippen molar-refractivity contribution in [2.75, 3.05) is 0 Å². The summed E-state index contributed by atoms with van der Waals surface area (Å²) in [6, 6.07) is 0. The fourth-order valence-electron chi connectivity index (χ4n) is 1.33. The van der Waals surface area contributed by atoms with Crippen LogP contribution in [0, 0.1) is 41.5 Å². The second-order valence-corrected chi connectivity index (χ2v) is 5.52. The molecule has 7 heteroatoms. The van der Waals surface area contributed by atoms with Crippen LogP contribution in [0.1, 0.15) is 46.0 Å². The Morgan fingerprint density at radius 2 is 1.76 bits per heavy atom. The van der Waals surface area contributed by atoms with Gasteiger partial charge in [0.2, 0.25) is 0 Å². The van der Waals surface area contributed by atoms with Crippen LogP contribution in [-0.2, 0) is 9.32 Å². The zero-order valence-electron chi connectivity index (χ0n) is 10.4. The third kappa shape index (κ3) is 13.6. The number of carbonyl (C=O) groups is 1. The van der Waals surface area contributed by atoms with E-state index in [1.165, 1.54) is 6.42 Å². The molecule has 0 aromatic rings. The van der Waals surface area contributed by atoms with E-state index in [0.717, 1.165) is 19.3 Å². The van der Waals surface area contributed by atoms with Crippen molar-refractivity contribution in [3.05, 3.63) is 0 Å². The van der Waals surface area contributed by atoms with E-state index in [1.807, 2.05) is 0 Å². The van der Waals surface area contributed by atoms with Crippen LogP contribution in [0.3, 0.4) is 0 Å². The van der Waals surface area contributed by atoms with Crippen LogP contribution in [0.2, 0.25) is 0 Å². The Morgan fingerprint density at radius 1 is 1.24 bits per heavy atom. The maximum Gasteiger partial charge on any atom is 0.393 e. The first-order valence-corrected chi connectivity index (χ1v) is 7.19. The van der Waals surface area contributed by atoms with E-state index < -0.39 is 19.8 Å². The molecular weight excluding hydrogens is 386 g/mol. The van der Waals surface area contributed by atoms with Crippen LogP contribution < -0.4 is 0 Å². The number of unbranched alkanes of at least 4 members (excludes halogenated alkanes) is 2. The maximum atomic E-state index is 11.1. The molecule has 17 heavy (non-hydrogen) atoms. The van der Waals surface area contributed by atoms with Crippen LogP contribution >= 0.6 is 21.2 Å². The molecule has 0 fully saturated rings. The number of rotatable bonds is 8. The van der Waals surface area contributed by atoms with Crippen LogP contribution in [0.5, 0.6) is 0 Å². The van der Waals surface area contributed by atoms with Crippen LogP contribution in [0.15, 0.2) is 0 Å². The van der Waals surface area contributed by atoms with Crippen LogP contribution in [0.25, 0.3) is 0 Å². The summed E-state index contributed by atoms with van der Waals surface area (Å²) in [7, 11) is -2.60. The molecule has 0 heterocycles. The zero-order chi connectivity index (χ0) is 12.6. The molecule has 0 amide bonds. The first-order valence-electron chi connectivity index (χ1n) is 5.51. The van der Waals surface area contributed by atoms with E-state index in [0.29, 0.717) is 12.3 Å². The largest absolute Gasteiger partial charge is 0.394 e. The molecule has 1 unspecified atom stereocenters. The zero-order valence-corrected chi connectivity index (χ0v) is 15.8. The predicted molar refractivity (Wildman–Crippen MR) is 68.1 cm³/mol. The van der Waals surface area contributed by atoms with Gasteiger partial charge in [0.05, 0.1) is 5.25 Å². The average Bonchev–Trinajstić information content (AvgIpc) is 2.15. The second kappa shape index (κ2) is 12.4. The maximum absolute atomic E-state index is 11.1. The summed E-state index contributed by atoms with van der Waals surface area (Å²) in [5, 5.41) is -0.552. The molecule has 0 aliphatic rings. The van der Waals surface area contributed by atoms with Gasteiger partial charge in [-0.2, -0.15) is 12.6 Å². The minimum Gasteiger partial charge on any atom is -0.394 e. The van der Waals surface area contributed by atoms with Gasteiger partial charge in [-0.05, 0) is 12.3 Å². The number of hydrogen-bond donors (Lipinski definition) is 3. The number of carbonyl (C=O) groups excluding carboxylic acids is 1. The Morgan fingerprint density at radius 3 is 2.24 bits per heavy atom. The van der Waals surface area contributed by atoms with Gasteiger partial charge in [-0.15, -0.1) is 0 Å². The number of hydrogen-bond acceptors (Lipinski definition) is 5. The normalized spacial score (nSPS) is 12.4.